The fourth-order valence-corrected chi connectivity index (χ4v) is 4.78. The van der Waals surface area contributed by atoms with Gasteiger partial charge in [0.2, 0.25) is 0 Å². The summed E-state index contributed by atoms with van der Waals surface area (Å²) in [4.78, 5) is 5.36. The highest BCUT2D eigenvalue weighted by atomic mass is 15.3. The van der Waals surface area contributed by atoms with Gasteiger partial charge in [0.1, 0.15) is 0 Å². The third-order valence-electron chi connectivity index (χ3n) is 6.10. The summed E-state index contributed by atoms with van der Waals surface area (Å²) < 4.78 is 0. The van der Waals surface area contributed by atoms with Crippen molar-refractivity contribution in [2.24, 2.45) is 16.7 Å². The quantitative estimate of drug-likeness (QED) is 0.757. The zero-order valence-corrected chi connectivity index (χ0v) is 12.7. The SMILES string of the molecule is CC(C)N1CCN(CC23CC(C(C)C)(C2)C3)CC1. The molecule has 0 N–H and O–H groups in total. The second kappa shape index (κ2) is 4.21. The van der Waals surface area contributed by atoms with Gasteiger partial charge in [-0.2, -0.15) is 0 Å². The maximum absolute atomic E-state index is 2.74. The molecule has 2 bridgehead atoms. The highest BCUT2D eigenvalue weighted by molar-refractivity contribution is 5.18. The largest absolute Gasteiger partial charge is 0.300 e. The molecule has 4 rings (SSSR count). The molecule has 0 spiro atoms. The Balaban J connectivity index is 1.44. The monoisotopic (exact) mass is 250 g/mol. The molecule has 1 aliphatic heterocycles. The molecule has 4 aliphatic rings. The average Bonchev–Trinajstić information content (AvgIpc) is 2.21. The third-order valence-corrected chi connectivity index (χ3v) is 6.10. The van der Waals surface area contributed by atoms with Crippen LogP contribution in [-0.2, 0) is 0 Å². The normalized spacial score (nSPS) is 41.0. The van der Waals surface area contributed by atoms with Crippen LogP contribution < -0.4 is 0 Å². The van der Waals surface area contributed by atoms with Crippen molar-refractivity contribution in [2.45, 2.75) is 53.0 Å². The predicted molar refractivity (Wildman–Crippen MR) is 76.7 cm³/mol. The Kier molecular flexibility index (Phi) is 3.02. The van der Waals surface area contributed by atoms with E-state index in [1.54, 1.807) is 0 Å². The van der Waals surface area contributed by atoms with Crippen molar-refractivity contribution in [1.82, 2.24) is 9.80 Å². The van der Waals surface area contributed by atoms with Gasteiger partial charge in [-0.25, -0.2) is 0 Å². The maximum Gasteiger partial charge on any atom is 0.0113 e. The van der Waals surface area contributed by atoms with Gasteiger partial charge in [0.15, 0.2) is 0 Å². The molecule has 1 saturated heterocycles. The van der Waals surface area contributed by atoms with Crippen molar-refractivity contribution in [3.05, 3.63) is 0 Å². The predicted octanol–water partition coefficient (Wildman–Crippen LogP) is 2.84. The number of hydrogen-bond donors (Lipinski definition) is 0. The van der Waals surface area contributed by atoms with Gasteiger partial charge in [-0.3, -0.25) is 4.90 Å². The molecule has 3 aliphatic carbocycles. The third kappa shape index (κ3) is 1.92. The molecule has 0 aromatic rings. The molecular weight excluding hydrogens is 220 g/mol. The van der Waals surface area contributed by atoms with Gasteiger partial charge in [-0.05, 0) is 49.9 Å². The van der Waals surface area contributed by atoms with E-state index >= 15 is 0 Å². The Hall–Kier alpha value is -0.0800. The molecule has 0 atom stereocenters. The molecule has 0 unspecified atom stereocenters. The topological polar surface area (TPSA) is 6.48 Å². The summed E-state index contributed by atoms with van der Waals surface area (Å²) in [7, 11) is 0. The first-order valence-electron chi connectivity index (χ1n) is 7.91. The van der Waals surface area contributed by atoms with E-state index in [4.69, 9.17) is 0 Å². The number of piperazine rings is 1. The van der Waals surface area contributed by atoms with Crippen LogP contribution in [0, 0.1) is 16.7 Å². The van der Waals surface area contributed by atoms with Gasteiger partial charge in [-0.1, -0.05) is 13.8 Å². The summed E-state index contributed by atoms with van der Waals surface area (Å²) in [6, 6.07) is 0.728. The molecule has 0 aromatic carbocycles. The van der Waals surface area contributed by atoms with Gasteiger partial charge in [0.25, 0.3) is 0 Å². The van der Waals surface area contributed by atoms with Crippen LogP contribution in [0.4, 0.5) is 0 Å². The highest BCUT2D eigenvalue weighted by Gasteiger charge is 2.68. The minimum absolute atomic E-state index is 0.728. The van der Waals surface area contributed by atoms with Crippen LogP contribution in [-0.4, -0.2) is 48.6 Å². The number of nitrogens with zero attached hydrogens (tertiary/aromatic N) is 2. The van der Waals surface area contributed by atoms with Crippen molar-refractivity contribution in [3.63, 3.8) is 0 Å². The Morgan fingerprint density at radius 3 is 1.89 bits per heavy atom. The lowest BCUT2D eigenvalue weighted by molar-refractivity contribution is -0.238. The molecule has 1 heterocycles. The lowest BCUT2D eigenvalue weighted by Crippen LogP contribution is -2.68. The van der Waals surface area contributed by atoms with E-state index in [2.05, 4.69) is 37.5 Å². The molecular formula is C16H30N2. The van der Waals surface area contributed by atoms with Crippen molar-refractivity contribution in [1.29, 1.82) is 0 Å². The zero-order valence-electron chi connectivity index (χ0n) is 12.7. The van der Waals surface area contributed by atoms with E-state index in [1.165, 1.54) is 52.0 Å². The first kappa shape index (κ1) is 12.9. The van der Waals surface area contributed by atoms with Crippen molar-refractivity contribution in [2.75, 3.05) is 32.7 Å². The van der Waals surface area contributed by atoms with Crippen molar-refractivity contribution < 1.29 is 0 Å². The van der Waals surface area contributed by atoms with Crippen LogP contribution >= 0.6 is 0 Å². The van der Waals surface area contributed by atoms with Crippen molar-refractivity contribution >= 4 is 0 Å². The van der Waals surface area contributed by atoms with E-state index in [0.29, 0.717) is 0 Å². The van der Waals surface area contributed by atoms with Gasteiger partial charge in [0, 0.05) is 38.8 Å². The summed E-state index contributed by atoms with van der Waals surface area (Å²) in [6.07, 6.45) is 4.59. The van der Waals surface area contributed by atoms with E-state index in [0.717, 1.165) is 22.8 Å². The second-order valence-corrected chi connectivity index (χ2v) is 7.95. The fourth-order valence-electron chi connectivity index (χ4n) is 4.78. The lowest BCUT2D eigenvalue weighted by Gasteiger charge is -2.74. The zero-order chi connectivity index (χ0) is 13.0. The van der Waals surface area contributed by atoms with E-state index in [1.807, 2.05) is 0 Å². The van der Waals surface area contributed by atoms with Crippen LogP contribution in [0.5, 0.6) is 0 Å². The van der Waals surface area contributed by atoms with Crippen LogP contribution in [0.3, 0.4) is 0 Å². The van der Waals surface area contributed by atoms with Crippen LogP contribution in [0.15, 0.2) is 0 Å². The Morgan fingerprint density at radius 1 is 0.889 bits per heavy atom. The second-order valence-electron chi connectivity index (χ2n) is 7.95. The Bertz CT molecular complexity index is 293. The maximum atomic E-state index is 2.74. The lowest BCUT2D eigenvalue weighted by atomic mass is 9.32. The van der Waals surface area contributed by atoms with Gasteiger partial charge in [0.05, 0.1) is 0 Å². The molecule has 104 valence electrons. The summed E-state index contributed by atoms with van der Waals surface area (Å²) in [5.41, 5.74) is 1.53. The molecule has 0 radical (unpaired) electrons. The minimum Gasteiger partial charge on any atom is -0.300 e. The first-order chi connectivity index (χ1) is 8.45. The Labute approximate surface area is 113 Å². The summed E-state index contributed by atoms with van der Waals surface area (Å²) in [5.74, 6) is 0.914. The highest BCUT2D eigenvalue weighted by Crippen LogP contribution is 2.76. The van der Waals surface area contributed by atoms with Crippen LogP contribution in [0.2, 0.25) is 0 Å². The molecule has 2 heteroatoms. The molecule has 3 saturated carbocycles. The van der Waals surface area contributed by atoms with Crippen LogP contribution in [0.25, 0.3) is 0 Å². The first-order valence-corrected chi connectivity index (χ1v) is 7.91. The average molecular weight is 250 g/mol. The van der Waals surface area contributed by atoms with Gasteiger partial charge in [-0.15, -0.1) is 0 Å². The number of rotatable bonds is 4. The fraction of sp³-hybridized carbons (Fsp3) is 1.00. The van der Waals surface area contributed by atoms with E-state index in [-0.39, 0.29) is 0 Å². The van der Waals surface area contributed by atoms with Crippen molar-refractivity contribution in [3.8, 4) is 0 Å². The molecule has 0 amide bonds. The molecule has 0 aromatic heterocycles. The van der Waals surface area contributed by atoms with Crippen LogP contribution in [0.1, 0.15) is 47.0 Å². The molecule has 4 fully saturated rings. The van der Waals surface area contributed by atoms with Gasteiger partial charge < -0.3 is 4.90 Å². The standard InChI is InChI=1S/C16H30N2/c1-13(2)16-9-15(10-16,11-16)12-17-5-7-18(8-6-17)14(3)4/h13-14H,5-12H2,1-4H3. The van der Waals surface area contributed by atoms with E-state index in [9.17, 15) is 0 Å². The molecule has 2 nitrogen and oxygen atoms in total. The minimum atomic E-state index is 0.728. The summed E-state index contributed by atoms with van der Waals surface area (Å²) in [5, 5.41) is 0. The number of hydrogen-bond acceptors (Lipinski definition) is 2. The smallest absolute Gasteiger partial charge is 0.0113 e. The Morgan fingerprint density at radius 2 is 1.44 bits per heavy atom. The van der Waals surface area contributed by atoms with E-state index < -0.39 is 0 Å². The molecule has 18 heavy (non-hydrogen) atoms. The van der Waals surface area contributed by atoms with Gasteiger partial charge >= 0.3 is 0 Å². The summed E-state index contributed by atoms with van der Waals surface area (Å²) in [6.45, 7) is 16.0. The summed E-state index contributed by atoms with van der Waals surface area (Å²) >= 11 is 0.